The molecule has 1 aromatic rings. The third-order valence-corrected chi connectivity index (χ3v) is 4.80. The minimum atomic E-state index is -0.0496. The van der Waals surface area contributed by atoms with E-state index in [0.717, 1.165) is 17.3 Å². The van der Waals surface area contributed by atoms with Crippen LogP contribution in [0.15, 0.2) is 22.7 Å². The zero-order valence-electron chi connectivity index (χ0n) is 12.1. The summed E-state index contributed by atoms with van der Waals surface area (Å²) >= 11 is 9.47. The molecule has 6 heteroatoms. The molecule has 116 valence electrons. The number of amides is 1. The first-order valence-electron chi connectivity index (χ1n) is 7.22. The van der Waals surface area contributed by atoms with Gasteiger partial charge in [0, 0.05) is 23.1 Å². The van der Waals surface area contributed by atoms with Crippen LogP contribution in [0.5, 0.6) is 0 Å². The number of carbonyl (C=O) groups is 1. The molecule has 4 nitrogen and oxygen atoms in total. The van der Waals surface area contributed by atoms with Crippen molar-refractivity contribution in [2.45, 2.75) is 38.3 Å². The fourth-order valence-electron chi connectivity index (χ4n) is 2.83. The highest BCUT2D eigenvalue weighted by atomic mass is 79.9. The largest absolute Gasteiger partial charge is 0.329 e. The van der Waals surface area contributed by atoms with Gasteiger partial charge in [0.05, 0.1) is 17.3 Å². The molecule has 21 heavy (non-hydrogen) atoms. The molecule has 1 saturated heterocycles. The minimum absolute atomic E-state index is 0.0496. The number of carbonyl (C=O) groups excluding carboxylic acids is 1. The lowest BCUT2D eigenvalue weighted by molar-refractivity contribution is -0.118. The average Bonchev–Trinajstić information content (AvgIpc) is 2.44. The molecule has 2 unspecified atom stereocenters. The van der Waals surface area contributed by atoms with Crippen molar-refractivity contribution in [2.24, 2.45) is 5.73 Å². The molecular weight excluding hydrogens is 354 g/mol. The number of anilines is 1. The van der Waals surface area contributed by atoms with Gasteiger partial charge in [-0.1, -0.05) is 34.0 Å². The highest BCUT2D eigenvalue weighted by molar-refractivity contribution is 9.10. The number of hydrogen-bond acceptors (Lipinski definition) is 3. The molecule has 1 heterocycles. The van der Waals surface area contributed by atoms with Crippen molar-refractivity contribution in [1.29, 1.82) is 0 Å². The summed E-state index contributed by atoms with van der Waals surface area (Å²) in [6.07, 6.45) is 3.36. The van der Waals surface area contributed by atoms with Crippen LogP contribution in [-0.4, -0.2) is 36.0 Å². The van der Waals surface area contributed by atoms with E-state index in [2.05, 4.69) is 33.1 Å². The molecule has 0 saturated carbocycles. The third kappa shape index (κ3) is 4.42. The van der Waals surface area contributed by atoms with E-state index in [1.54, 1.807) is 12.1 Å². The molecule has 0 aliphatic carbocycles. The second-order valence-corrected chi connectivity index (χ2v) is 6.84. The minimum Gasteiger partial charge on any atom is -0.329 e. The quantitative estimate of drug-likeness (QED) is 0.850. The number of hydrogen-bond donors (Lipinski definition) is 2. The van der Waals surface area contributed by atoms with Gasteiger partial charge in [-0.05, 0) is 38.0 Å². The number of likely N-dealkylation sites (tertiary alicyclic amines) is 1. The number of nitrogens with one attached hydrogen (secondary N) is 1. The molecule has 0 spiro atoms. The number of benzene rings is 1. The predicted molar refractivity (Wildman–Crippen MR) is 90.6 cm³/mol. The molecule has 2 rings (SSSR count). The fourth-order valence-corrected chi connectivity index (χ4v) is 3.55. The molecule has 0 radical (unpaired) electrons. The zero-order valence-corrected chi connectivity index (χ0v) is 14.5. The highest BCUT2D eigenvalue weighted by Gasteiger charge is 2.28. The summed E-state index contributed by atoms with van der Waals surface area (Å²) in [6, 6.07) is 6.10. The molecule has 2 atom stereocenters. The molecule has 1 aromatic carbocycles. The van der Waals surface area contributed by atoms with E-state index in [0.29, 0.717) is 35.9 Å². The summed E-state index contributed by atoms with van der Waals surface area (Å²) in [7, 11) is 0. The maximum atomic E-state index is 12.3. The van der Waals surface area contributed by atoms with Crippen LogP contribution < -0.4 is 11.1 Å². The summed E-state index contributed by atoms with van der Waals surface area (Å²) in [6.45, 7) is 3.10. The van der Waals surface area contributed by atoms with Crippen LogP contribution in [0, 0.1) is 0 Å². The average molecular weight is 375 g/mol. The van der Waals surface area contributed by atoms with Crippen molar-refractivity contribution in [2.75, 3.05) is 18.4 Å². The van der Waals surface area contributed by atoms with Gasteiger partial charge in [0.2, 0.25) is 5.91 Å². The van der Waals surface area contributed by atoms with Crippen LogP contribution in [0.1, 0.15) is 26.2 Å². The summed E-state index contributed by atoms with van der Waals surface area (Å²) in [5.41, 5.74) is 6.46. The van der Waals surface area contributed by atoms with E-state index in [-0.39, 0.29) is 5.91 Å². The van der Waals surface area contributed by atoms with Gasteiger partial charge in [-0.2, -0.15) is 0 Å². The van der Waals surface area contributed by atoms with Crippen molar-refractivity contribution in [1.82, 2.24) is 4.90 Å². The lowest BCUT2D eigenvalue weighted by Crippen LogP contribution is -2.51. The molecule has 0 bridgehead atoms. The molecular formula is C15H21BrClN3O. The molecule has 1 aliphatic heterocycles. The van der Waals surface area contributed by atoms with Crippen molar-refractivity contribution in [3.63, 3.8) is 0 Å². The zero-order chi connectivity index (χ0) is 15.4. The smallest absolute Gasteiger partial charge is 0.238 e. The second kappa shape index (κ2) is 7.58. The normalized spacial score (nSPS) is 23.0. The predicted octanol–water partition coefficient (Wildman–Crippen LogP) is 3.24. The van der Waals surface area contributed by atoms with Crippen molar-refractivity contribution in [3.05, 3.63) is 27.7 Å². The SMILES string of the molecule is CC1CCCC(CN)N1CC(=O)Nc1ccc(Br)cc1Cl. The Morgan fingerprint density at radius 1 is 1.52 bits per heavy atom. The van der Waals surface area contributed by atoms with Crippen molar-refractivity contribution >= 4 is 39.1 Å². The molecule has 3 N–H and O–H groups in total. The summed E-state index contributed by atoms with van der Waals surface area (Å²) in [5.74, 6) is -0.0496. The summed E-state index contributed by atoms with van der Waals surface area (Å²) in [4.78, 5) is 14.5. The Labute approximate surface area is 139 Å². The Bertz CT molecular complexity index is 512. The summed E-state index contributed by atoms with van der Waals surface area (Å²) in [5, 5.41) is 3.40. The molecule has 0 aromatic heterocycles. The van der Waals surface area contributed by atoms with E-state index in [9.17, 15) is 4.79 Å². The van der Waals surface area contributed by atoms with Crippen LogP contribution in [0.2, 0.25) is 5.02 Å². The third-order valence-electron chi connectivity index (χ3n) is 4.00. The number of nitrogens with two attached hydrogens (primary N) is 1. The first-order chi connectivity index (χ1) is 10.0. The lowest BCUT2D eigenvalue weighted by atomic mass is 9.96. The number of rotatable bonds is 4. The lowest BCUT2D eigenvalue weighted by Gasteiger charge is -2.39. The highest BCUT2D eigenvalue weighted by Crippen LogP contribution is 2.26. The Morgan fingerprint density at radius 2 is 2.29 bits per heavy atom. The van der Waals surface area contributed by atoms with Crippen LogP contribution in [0.25, 0.3) is 0 Å². The van der Waals surface area contributed by atoms with Gasteiger partial charge < -0.3 is 11.1 Å². The number of nitrogens with zero attached hydrogens (tertiary/aromatic N) is 1. The maximum absolute atomic E-state index is 12.3. The standard InChI is InChI=1S/C15H21BrClN3O/c1-10-3-2-4-12(8-18)20(10)9-15(21)19-14-6-5-11(16)7-13(14)17/h5-7,10,12H,2-4,8-9,18H2,1H3,(H,19,21). The van der Waals surface area contributed by atoms with Gasteiger partial charge in [-0.25, -0.2) is 0 Å². The van der Waals surface area contributed by atoms with E-state index in [1.165, 1.54) is 6.42 Å². The van der Waals surface area contributed by atoms with Crippen LogP contribution >= 0.6 is 27.5 Å². The maximum Gasteiger partial charge on any atom is 0.238 e. The number of halogens is 2. The van der Waals surface area contributed by atoms with E-state index in [4.69, 9.17) is 17.3 Å². The topological polar surface area (TPSA) is 58.4 Å². The van der Waals surface area contributed by atoms with Gasteiger partial charge in [0.15, 0.2) is 0 Å². The van der Waals surface area contributed by atoms with E-state index >= 15 is 0 Å². The van der Waals surface area contributed by atoms with Gasteiger partial charge in [-0.3, -0.25) is 9.69 Å². The Kier molecular flexibility index (Phi) is 6.05. The van der Waals surface area contributed by atoms with Gasteiger partial charge in [-0.15, -0.1) is 0 Å². The first kappa shape index (κ1) is 16.7. The molecule has 1 aliphatic rings. The van der Waals surface area contributed by atoms with E-state index in [1.807, 2.05) is 6.07 Å². The summed E-state index contributed by atoms with van der Waals surface area (Å²) < 4.78 is 0.887. The van der Waals surface area contributed by atoms with Crippen molar-refractivity contribution < 1.29 is 4.79 Å². The van der Waals surface area contributed by atoms with Crippen molar-refractivity contribution in [3.8, 4) is 0 Å². The van der Waals surface area contributed by atoms with Crippen LogP contribution in [0.4, 0.5) is 5.69 Å². The van der Waals surface area contributed by atoms with E-state index < -0.39 is 0 Å². The van der Waals surface area contributed by atoms with Gasteiger partial charge in [0.1, 0.15) is 0 Å². The molecule has 1 fully saturated rings. The van der Waals surface area contributed by atoms with Crippen LogP contribution in [0.3, 0.4) is 0 Å². The Morgan fingerprint density at radius 3 is 2.95 bits per heavy atom. The molecule has 1 amide bonds. The Hall–Kier alpha value is -0.620. The number of piperidine rings is 1. The van der Waals surface area contributed by atoms with Gasteiger partial charge in [0.25, 0.3) is 0 Å². The van der Waals surface area contributed by atoms with Gasteiger partial charge >= 0.3 is 0 Å². The monoisotopic (exact) mass is 373 g/mol. The van der Waals surface area contributed by atoms with Crippen LogP contribution in [-0.2, 0) is 4.79 Å². The fraction of sp³-hybridized carbons (Fsp3) is 0.533. The first-order valence-corrected chi connectivity index (χ1v) is 8.39. The Balaban J connectivity index is 2.00. The second-order valence-electron chi connectivity index (χ2n) is 5.51.